The molecule has 27 heavy (non-hydrogen) atoms. The van der Waals surface area contributed by atoms with Crippen LogP contribution in [0.25, 0.3) is 43.8 Å². The Balaban J connectivity index is 2.06. The van der Waals surface area contributed by atoms with E-state index in [1.165, 1.54) is 5.39 Å². The number of phenols is 1. The number of benzene rings is 5. The average Bonchev–Trinajstić information content (AvgIpc) is 2.73. The molecule has 0 atom stereocenters. The highest BCUT2D eigenvalue weighted by Crippen LogP contribution is 2.46. The zero-order valence-corrected chi connectivity index (χ0v) is 14.8. The number of phenolic OH excluding ortho intramolecular Hbond substituents is 1. The molecule has 0 bridgehead atoms. The number of rotatable bonds is 2. The summed E-state index contributed by atoms with van der Waals surface area (Å²) in [5, 5.41) is 15.2. The molecule has 5 aromatic carbocycles. The molecule has 1 N–H and O–H groups in total. The molecule has 0 unspecified atom stereocenters. The summed E-state index contributed by atoms with van der Waals surface area (Å²) in [5.74, 6) is 0.314. The van der Waals surface area contributed by atoms with Gasteiger partial charge in [-0.3, -0.25) is 0 Å². The average molecular weight is 346 g/mol. The topological polar surface area (TPSA) is 20.2 Å². The van der Waals surface area contributed by atoms with Gasteiger partial charge in [-0.1, -0.05) is 97.1 Å². The summed E-state index contributed by atoms with van der Waals surface area (Å²) < 4.78 is 0. The van der Waals surface area contributed by atoms with Crippen LogP contribution in [-0.2, 0) is 0 Å². The van der Waals surface area contributed by atoms with Crippen molar-refractivity contribution in [1.29, 1.82) is 0 Å². The van der Waals surface area contributed by atoms with E-state index in [1.807, 2.05) is 30.3 Å². The minimum absolute atomic E-state index is 0.314. The Morgan fingerprint density at radius 2 is 0.889 bits per heavy atom. The summed E-state index contributed by atoms with van der Waals surface area (Å²) in [7, 11) is 0. The third kappa shape index (κ3) is 2.48. The minimum Gasteiger partial charge on any atom is -0.507 e. The van der Waals surface area contributed by atoms with Crippen LogP contribution in [0.3, 0.4) is 0 Å². The molecule has 0 aromatic heterocycles. The smallest absolute Gasteiger partial charge is 0.124 e. The highest BCUT2D eigenvalue weighted by Gasteiger charge is 2.18. The summed E-state index contributed by atoms with van der Waals surface area (Å²) in [6.07, 6.45) is 0. The van der Waals surface area contributed by atoms with Crippen LogP contribution >= 0.6 is 0 Å². The van der Waals surface area contributed by atoms with Crippen molar-refractivity contribution in [3.63, 3.8) is 0 Å². The van der Waals surface area contributed by atoms with Crippen LogP contribution < -0.4 is 0 Å². The number of hydrogen-bond donors (Lipinski definition) is 1. The van der Waals surface area contributed by atoms with E-state index < -0.39 is 0 Å². The van der Waals surface area contributed by atoms with E-state index in [-0.39, 0.29) is 0 Å². The van der Waals surface area contributed by atoms with Gasteiger partial charge in [0.05, 0.1) is 0 Å². The first-order valence-corrected chi connectivity index (χ1v) is 9.12. The third-order valence-electron chi connectivity index (χ3n) is 5.15. The van der Waals surface area contributed by atoms with Crippen molar-refractivity contribution in [3.05, 3.63) is 103 Å². The van der Waals surface area contributed by atoms with Gasteiger partial charge in [0.15, 0.2) is 0 Å². The van der Waals surface area contributed by atoms with E-state index in [9.17, 15) is 5.11 Å². The first-order chi connectivity index (χ1) is 13.3. The molecule has 0 heterocycles. The Morgan fingerprint density at radius 3 is 1.52 bits per heavy atom. The highest BCUT2D eigenvalue weighted by molar-refractivity contribution is 6.22. The summed E-state index contributed by atoms with van der Waals surface area (Å²) in [4.78, 5) is 0. The lowest BCUT2D eigenvalue weighted by molar-refractivity contribution is 0.482. The van der Waals surface area contributed by atoms with E-state index in [1.54, 1.807) is 6.07 Å². The molecule has 128 valence electrons. The first-order valence-electron chi connectivity index (χ1n) is 9.12. The molecule has 0 amide bonds. The predicted octanol–water partition coefficient (Wildman–Crippen LogP) is 7.03. The van der Waals surface area contributed by atoms with Gasteiger partial charge in [0.2, 0.25) is 0 Å². The van der Waals surface area contributed by atoms with Crippen LogP contribution in [0.15, 0.2) is 103 Å². The largest absolute Gasteiger partial charge is 0.507 e. The Morgan fingerprint density at radius 1 is 0.407 bits per heavy atom. The van der Waals surface area contributed by atoms with Crippen molar-refractivity contribution >= 4 is 21.5 Å². The molecule has 5 aromatic rings. The molecule has 0 saturated heterocycles. The molecule has 0 aliphatic heterocycles. The van der Waals surface area contributed by atoms with Gasteiger partial charge in [-0.05, 0) is 38.9 Å². The van der Waals surface area contributed by atoms with Gasteiger partial charge >= 0.3 is 0 Å². The van der Waals surface area contributed by atoms with Gasteiger partial charge in [0, 0.05) is 10.9 Å². The predicted molar refractivity (Wildman–Crippen MR) is 114 cm³/mol. The Bertz CT molecular complexity index is 1260. The normalized spacial score (nSPS) is 11.1. The van der Waals surface area contributed by atoms with Gasteiger partial charge in [-0.15, -0.1) is 0 Å². The lowest BCUT2D eigenvalue weighted by Gasteiger charge is -2.18. The maximum absolute atomic E-state index is 10.8. The monoisotopic (exact) mass is 346 g/mol. The van der Waals surface area contributed by atoms with Crippen LogP contribution in [0.2, 0.25) is 0 Å². The molecule has 0 fully saturated rings. The minimum atomic E-state index is 0.314. The lowest BCUT2D eigenvalue weighted by atomic mass is 9.85. The molecule has 1 nitrogen and oxygen atoms in total. The lowest BCUT2D eigenvalue weighted by Crippen LogP contribution is -1.91. The van der Waals surface area contributed by atoms with Crippen molar-refractivity contribution in [2.45, 2.75) is 0 Å². The summed E-state index contributed by atoms with van der Waals surface area (Å²) in [6.45, 7) is 0. The van der Waals surface area contributed by atoms with E-state index in [2.05, 4.69) is 66.7 Å². The van der Waals surface area contributed by atoms with E-state index >= 15 is 0 Å². The number of fused-ring (bicyclic) bond motifs is 2. The SMILES string of the molecule is Oc1cccc2c(-c3ccccc3)c3ccccc3c(-c3ccccc3)c12. The standard InChI is InChI=1S/C26H18O/c27-23-17-9-16-22-24(18-10-3-1-4-11-18)20-14-7-8-15-21(20)25(26(22)23)19-12-5-2-6-13-19/h1-17,27H. The molecule has 0 saturated carbocycles. The molecule has 5 rings (SSSR count). The Hall–Kier alpha value is -3.58. The third-order valence-corrected chi connectivity index (χ3v) is 5.15. The molecule has 0 aliphatic rings. The van der Waals surface area contributed by atoms with Crippen LogP contribution in [0, 0.1) is 0 Å². The van der Waals surface area contributed by atoms with Crippen LogP contribution in [0.4, 0.5) is 0 Å². The summed E-state index contributed by atoms with van der Waals surface area (Å²) in [6, 6.07) is 35.0. The molecule has 1 heteroatoms. The molecular formula is C26H18O. The van der Waals surface area contributed by atoms with Crippen LogP contribution in [-0.4, -0.2) is 5.11 Å². The van der Waals surface area contributed by atoms with Crippen molar-refractivity contribution in [2.24, 2.45) is 0 Å². The van der Waals surface area contributed by atoms with Gasteiger partial charge in [0.1, 0.15) is 5.75 Å². The van der Waals surface area contributed by atoms with Crippen LogP contribution in [0.1, 0.15) is 0 Å². The van der Waals surface area contributed by atoms with Crippen molar-refractivity contribution in [1.82, 2.24) is 0 Å². The van der Waals surface area contributed by atoms with Crippen molar-refractivity contribution in [2.75, 3.05) is 0 Å². The second-order valence-electron chi connectivity index (χ2n) is 6.73. The van der Waals surface area contributed by atoms with Gasteiger partial charge in [0.25, 0.3) is 0 Å². The van der Waals surface area contributed by atoms with E-state index in [0.29, 0.717) is 5.75 Å². The first kappa shape index (κ1) is 15.7. The molecule has 0 radical (unpaired) electrons. The molecule has 0 spiro atoms. The Labute approximate surface area is 158 Å². The van der Waals surface area contributed by atoms with Gasteiger partial charge < -0.3 is 5.11 Å². The second kappa shape index (κ2) is 6.30. The van der Waals surface area contributed by atoms with Crippen molar-refractivity contribution in [3.8, 4) is 28.0 Å². The fourth-order valence-electron chi connectivity index (χ4n) is 4.03. The molecule has 0 aliphatic carbocycles. The fraction of sp³-hybridized carbons (Fsp3) is 0. The van der Waals surface area contributed by atoms with Crippen molar-refractivity contribution < 1.29 is 5.11 Å². The number of aromatic hydroxyl groups is 1. The highest BCUT2D eigenvalue weighted by atomic mass is 16.3. The Kier molecular flexibility index (Phi) is 3.65. The maximum atomic E-state index is 10.8. The summed E-state index contributed by atoms with van der Waals surface area (Å²) >= 11 is 0. The maximum Gasteiger partial charge on any atom is 0.124 e. The zero-order chi connectivity index (χ0) is 18.2. The second-order valence-corrected chi connectivity index (χ2v) is 6.73. The van der Waals surface area contributed by atoms with Gasteiger partial charge in [-0.25, -0.2) is 0 Å². The van der Waals surface area contributed by atoms with Gasteiger partial charge in [-0.2, -0.15) is 0 Å². The zero-order valence-electron chi connectivity index (χ0n) is 14.8. The number of hydrogen-bond acceptors (Lipinski definition) is 1. The fourth-order valence-corrected chi connectivity index (χ4v) is 4.03. The van der Waals surface area contributed by atoms with E-state index in [0.717, 1.165) is 38.4 Å². The quantitative estimate of drug-likeness (QED) is 0.340. The molecular weight excluding hydrogens is 328 g/mol. The van der Waals surface area contributed by atoms with Crippen LogP contribution in [0.5, 0.6) is 5.75 Å². The summed E-state index contributed by atoms with van der Waals surface area (Å²) in [5.41, 5.74) is 4.51. The van der Waals surface area contributed by atoms with E-state index in [4.69, 9.17) is 0 Å².